The summed E-state index contributed by atoms with van der Waals surface area (Å²) >= 11 is 0. The Morgan fingerprint density at radius 1 is 0.722 bits per heavy atom. The number of rotatable bonds is 20. The molecule has 2 fully saturated rings. The first-order valence-corrected chi connectivity index (χ1v) is 17.5. The fourth-order valence-electron chi connectivity index (χ4n) is 5.90. The van der Waals surface area contributed by atoms with Crippen LogP contribution in [0.2, 0.25) is 0 Å². The van der Waals surface area contributed by atoms with Crippen LogP contribution < -0.4 is 32.3 Å². The molecule has 2 aliphatic heterocycles. The summed E-state index contributed by atoms with van der Waals surface area (Å²) in [6.07, 6.45) is -1.47. The van der Waals surface area contributed by atoms with Crippen molar-refractivity contribution < 1.29 is 68.7 Å². The summed E-state index contributed by atoms with van der Waals surface area (Å²) < 4.78 is 0. The molecule has 0 spiro atoms. The van der Waals surface area contributed by atoms with Gasteiger partial charge in [-0.3, -0.25) is 38.4 Å². The van der Waals surface area contributed by atoms with Crippen molar-refractivity contribution in [1.29, 1.82) is 0 Å². The zero-order valence-corrected chi connectivity index (χ0v) is 30.4. The minimum absolute atomic E-state index is 0.0170. The van der Waals surface area contributed by atoms with Crippen LogP contribution >= 0.6 is 0 Å². The Morgan fingerprint density at radius 3 is 1.70 bits per heavy atom. The summed E-state index contributed by atoms with van der Waals surface area (Å²) in [5.41, 5.74) is 5.82. The van der Waals surface area contributed by atoms with E-state index in [9.17, 15) is 63.6 Å². The Bertz CT molecular complexity index is 1410. The van der Waals surface area contributed by atoms with E-state index in [1.807, 2.05) is 0 Å². The van der Waals surface area contributed by atoms with E-state index in [0.29, 0.717) is 12.8 Å². The summed E-state index contributed by atoms with van der Waals surface area (Å²) in [6, 6.07) is -9.40. The Kier molecular flexibility index (Phi) is 17.7. The molecule has 8 atom stereocenters. The molecule has 2 rings (SSSR count). The second-order valence-corrected chi connectivity index (χ2v) is 13.5. The average Bonchev–Trinajstić information content (AvgIpc) is 3.82. The fourth-order valence-corrected chi connectivity index (χ4v) is 5.90. The fraction of sp³-hybridized carbons (Fsp3) is 0.719. The minimum atomic E-state index is -1.61. The van der Waals surface area contributed by atoms with Crippen molar-refractivity contribution in [3.63, 3.8) is 0 Å². The maximum absolute atomic E-state index is 13.4. The van der Waals surface area contributed by atoms with E-state index in [1.54, 1.807) is 13.8 Å². The summed E-state index contributed by atoms with van der Waals surface area (Å²) in [6.45, 7) is 2.20. The van der Waals surface area contributed by atoms with E-state index in [0.717, 1.165) is 9.80 Å². The molecule has 22 nitrogen and oxygen atoms in total. The highest BCUT2D eigenvalue weighted by Crippen LogP contribution is 2.21. The monoisotopic (exact) mass is 772 g/mol. The Labute approximate surface area is 310 Å². The lowest BCUT2D eigenvalue weighted by molar-refractivity contribution is -0.146. The standard InChI is InChI=1S/C32H52N8O14/c1-15(2)24(33)29(50)37-19(14-42)30(51)39-10-4-6-20(39)28(49)36-18(13-41)26(47)34-12-22(44)38-25(16(3)43)31(52)40-11-5-7-21(40)27(48)35-17(32(53)54)8-9-23(45)46/h15-21,24-25,41-43H,4-14,33H2,1-3H3,(H,34,47)(H,35,48)(H,36,49)(H,37,50)(H,38,44)(H,45,46)(H,53,54)/t16-,17+,18+,19+,20+,21+,24+,25+/m1/s1. The van der Waals surface area contributed by atoms with Crippen LogP contribution in [0.5, 0.6) is 0 Å². The lowest BCUT2D eigenvalue weighted by atomic mass is 10.0. The first kappa shape index (κ1) is 45.2. The number of aliphatic hydroxyl groups excluding tert-OH is 3. The average molecular weight is 773 g/mol. The van der Waals surface area contributed by atoms with Gasteiger partial charge in [0.15, 0.2) is 0 Å². The number of nitrogens with one attached hydrogen (secondary N) is 5. The van der Waals surface area contributed by atoms with E-state index < -0.39 is 134 Å². The smallest absolute Gasteiger partial charge is 0.326 e. The molecule has 2 saturated heterocycles. The highest BCUT2D eigenvalue weighted by molar-refractivity contribution is 5.97. The lowest BCUT2D eigenvalue weighted by Crippen LogP contribution is -2.60. The molecule has 12 N–H and O–H groups in total. The highest BCUT2D eigenvalue weighted by atomic mass is 16.4. The van der Waals surface area contributed by atoms with E-state index >= 15 is 0 Å². The van der Waals surface area contributed by atoms with Crippen LogP contribution in [0.25, 0.3) is 0 Å². The Balaban J connectivity index is 2.00. The number of hydrogen-bond donors (Lipinski definition) is 11. The number of nitrogens with zero attached hydrogens (tertiary/aromatic N) is 2. The largest absolute Gasteiger partial charge is 0.481 e. The summed E-state index contributed by atoms with van der Waals surface area (Å²) in [5.74, 6) is -9.03. The maximum Gasteiger partial charge on any atom is 0.326 e. The van der Waals surface area contributed by atoms with Gasteiger partial charge < -0.3 is 67.7 Å². The van der Waals surface area contributed by atoms with Gasteiger partial charge in [-0.2, -0.15) is 0 Å². The second-order valence-electron chi connectivity index (χ2n) is 13.5. The molecule has 2 heterocycles. The van der Waals surface area contributed by atoms with Crippen LogP contribution in [0.4, 0.5) is 0 Å². The van der Waals surface area contributed by atoms with Gasteiger partial charge in [0.25, 0.3) is 0 Å². The minimum Gasteiger partial charge on any atom is -0.481 e. The number of amides is 7. The SMILES string of the molecule is CC(C)[C@H](N)C(=O)N[C@@H](CO)C(=O)N1CCC[C@H]1C(=O)N[C@@H](CO)C(=O)NCC(=O)N[C@H](C(=O)N1CCC[C@H]1C(=O)N[C@@H](CCC(=O)O)C(=O)O)[C@@H](C)O. The predicted molar refractivity (Wildman–Crippen MR) is 183 cm³/mol. The van der Waals surface area contributed by atoms with E-state index in [1.165, 1.54) is 6.92 Å². The zero-order chi connectivity index (χ0) is 40.9. The number of carbonyl (C=O) groups excluding carboxylic acids is 7. The van der Waals surface area contributed by atoms with Crippen molar-refractivity contribution in [2.24, 2.45) is 11.7 Å². The first-order valence-electron chi connectivity index (χ1n) is 17.5. The Hall–Kier alpha value is -4.93. The predicted octanol–water partition coefficient (Wildman–Crippen LogP) is -5.68. The van der Waals surface area contributed by atoms with E-state index in [-0.39, 0.29) is 31.8 Å². The number of carbonyl (C=O) groups is 9. The molecular weight excluding hydrogens is 720 g/mol. The Morgan fingerprint density at radius 2 is 1.24 bits per heavy atom. The van der Waals surface area contributed by atoms with Gasteiger partial charge in [0.1, 0.15) is 36.3 Å². The van der Waals surface area contributed by atoms with Crippen LogP contribution in [0.3, 0.4) is 0 Å². The summed E-state index contributed by atoms with van der Waals surface area (Å²) in [5, 5.41) is 59.6. The number of aliphatic carboxylic acids is 2. The topological polar surface area (TPSA) is 347 Å². The molecule has 22 heteroatoms. The number of carboxylic acid groups (broad SMARTS) is 2. The van der Waals surface area contributed by atoms with Gasteiger partial charge in [0.2, 0.25) is 41.4 Å². The maximum atomic E-state index is 13.4. The molecule has 0 radical (unpaired) electrons. The number of hydrogen-bond acceptors (Lipinski definition) is 13. The molecule has 0 unspecified atom stereocenters. The molecule has 0 saturated carbocycles. The lowest BCUT2D eigenvalue weighted by Gasteiger charge is -2.30. The number of nitrogens with two attached hydrogens (primary N) is 1. The van der Waals surface area contributed by atoms with E-state index in [2.05, 4.69) is 26.6 Å². The van der Waals surface area contributed by atoms with Crippen molar-refractivity contribution >= 4 is 53.3 Å². The van der Waals surface area contributed by atoms with Gasteiger partial charge in [0, 0.05) is 19.5 Å². The van der Waals surface area contributed by atoms with Crippen molar-refractivity contribution in [1.82, 2.24) is 36.4 Å². The van der Waals surface area contributed by atoms with Gasteiger partial charge in [-0.05, 0) is 44.9 Å². The quantitative estimate of drug-likeness (QED) is 0.0549. The van der Waals surface area contributed by atoms with Crippen LogP contribution in [0.1, 0.15) is 59.3 Å². The van der Waals surface area contributed by atoms with Gasteiger partial charge in [0.05, 0.1) is 31.9 Å². The van der Waals surface area contributed by atoms with Crippen molar-refractivity contribution in [3.8, 4) is 0 Å². The van der Waals surface area contributed by atoms with Crippen molar-refractivity contribution in [2.75, 3.05) is 32.8 Å². The van der Waals surface area contributed by atoms with Gasteiger partial charge in [-0.25, -0.2) is 4.79 Å². The molecular formula is C32H52N8O14. The number of likely N-dealkylation sites (tertiary alicyclic amines) is 2. The molecule has 7 amide bonds. The molecule has 304 valence electrons. The second kappa shape index (κ2) is 21.1. The molecule has 2 aliphatic rings. The summed E-state index contributed by atoms with van der Waals surface area (Å²) in [4.78, 5) is 115. The molecule has 0 aromatic carbocycles. The third-order valence-electron chi connectivity index (χ3n) is 9.06. The number of carboxylic acids is 2. The molecule has 54 heavy (non-hydrogen) atoms. The van der Waals surface area contributed by atoms with Gasteiger partial charge in [-0.1, -0.05) is 13.8 Å². The third-order valence-corrected chi connectivity index (χ3v) is 9.06. The van der Waals surface area contributed by atoms with Crippen LogP contribution in [0, 0.1) is 5.92 Å². The van der Waals surface area contributed by atoms with Crippen LogP contribution in [-0.4, -0.2) is 170 Å². The molecule has 0 aliphatic carbocycles. The van der Waals surface area contributed by atoms with E-state index in [4.69, 9.17) is 10.8 Å². The normalized spacial score (nSPS) is 20.1. The molecule has 0 aromatic rings. The van der Waals surface area contributed by atoms with Crippen molar-refractivity contribution in [2.45, 2.75) is 108 Å². The molecule has 0 aromatic heterocycles. The van der Waals surface area contributed by atoms with Crippen LogP contribution in [0.15, 0.2) is 0 Å². The first-order chi connectivity index (χ1) is 25.3. The van der Waals surface area contributed by atoms with Gasteiger partial charge >= 0.3 is 11.9 Å². The highest BCUT2D eigenvalue weighted by Gasteiger charge is 2.41. The van der Waals surface area contributed by atoms with Crippen LogP contribution in [-0.2, 0) is 43.2 Å². The zero-order valence-electron chi connectivity index (χ0n) is 30.4. The molecule has 0 bridgehead atoms. The summed E-state index contributed by atoms with van der Waals surface area (Å²) in [7, 11) is 0. The third kappa shape index (κ3) is 12.6. The number of aliphatic hydroxyl groups is 3. The van der Waals surface area contributed by atoms with Gasteiger partial charge in [-0.15, -0.1) is 0 Å². The van der Waals surface area contributed by atoms with Crippen molar-refractivity contribution in [3.05, 3.63) is 0 Å².